The fourth-order valence-electron chi connectivity index (χ4n) is 1.47. The van der Waals surface area contributed by atoms with Crippen molar-refractivity contribution >= 4 is 23.5 Å². The van der Waals surface area contributed by atoms with Gasteiger partial charge in [-0.25, -0.2) is 4.79 Å². The number of aryl methyl sites for hydroxylation is 1. The summed E-state index contributed by atoms with van der Waals surface area (Å²) < 4.78 is 10.1. The summed E-state index contributed by atoms with van der Waals surface area (Å²) >= 11 is 5.95. The molecule has 0 aliphatic carbocycles. The monoisotopic (exact) mass is 299 g/mol. The molecule has 0 saturated heterocycles. The van der Waals surface area contributed by atoms with Crippen LogP contribution in [0.15, 0.2) is 18.2 Å². The molecule has 1 rings (SSSR count). The van der Waals surface area contributed by atoms with E-state index in [2.05, 4.69) is 5.32 Å². The van der Waals surface area contributed by atoms with E-state index < -0.39 is 17.9 Å². The van der Waals surface area contributed by atoms with Crippen LogP contribution in [0.2, 0.25) is 5.02 Å². The van der Waals surface area contributed by atoms with E-state index >= 15 is 0 Å². The summed E-state index contributed by atoms with van der Waals surface area (Å²) in [5, 5.41) is 2.92. The molecule has 1 unspecified atom stereocenters. The molecule has 1 N–H and O–H groups in total. The fraction of sp³-hybridized carbons (Fsp3) is 0.429. The Morgan fingerprint density at radius 3 is 2.75 bits per heavy atom. The second-order valence-electron chi connectivity index (χ2n) is 4.26. The Bertz CT molecular complexity index is 490. The van der Waals surface area contributed by atoms with Crippen LogP contribution in [0, 0.1) is 6.92 Å². The second kappa shape index (κ2) is 7.75. The summed E-state index contributed by atoms with van der Waals surface area (Å²) in [6.45, 7) is 5.21. The average molecular weight is 300 g/mol. The average Bonchev–Trinajstić information content (AvgIpc) is 2.40. The lowest BCUT2D eigenvalue weighted by molar-refractivity contribution is -0.147. The van der Waals surface area contributed by atoms with Crippen molar-refractivity contribution in [1.29, 1.82) is 0 Å². The zero-order valence-electron chi connectivity index (χ0n) is 11.7. The van der Waals surface area contributed by atoms with Crippen LogP contribution in [0.3, 0.4) is 0 Å². The molecule has 1 aromatic rings. The molecule has 0 saturated carbocycles. The van der Waals surface area contributed by atoms with E-state index in [1.54, 1.807) is 26.0 Å². The SMILES string of the molecule is CCOC(=O)C(C)NC(=O)COc1cc(C)ccc1Cl. The minimum atomic E-state index is -0.709. The van der Waals surface area contributed by atoms with Gasteiger partial charge in [0.2, 0.25) is 0 Å². The predicted molar refractivity (Wildman–Crippen MR) is 75.9 cm³/mol. The van der Waals surface area contributed by atoms with Crippen LogP contribution < -0.4 is 10.1 Å². The Morgan fingerprint density at radius 1 is 1.40 bits per heavy atom. The molecule has 6 heteroatoms. The topological polar surface area (TPSA) is 64.6 Å². The van der Waals surface area contributed by atoms with E-state index in [1.165, 1.54) is 0 Å². The standard InChI is InChI=1S/C14H18ClNO4/c1-4-19-14(18)10(3)16-13(17)8-20-12-7-9(2)5-6-11(12)15/h5-7,10H,4,8H2,1-3H3,(H,16,17). The third-order valence-corrected chi connectivity index (χ3v) is 2.78. The Kier molecular flexibility index (Phi) is 6.31. The lowest BCUT2D eigenvalue weighted by atomic mass is 10.2. The van der Waals surface area contributed by atoms with E-state index in [0.29, 0.717) is 10.8 Å². The number of hydrogen-bond donors (Lipinski definition) is 1. The third-order valence-electron chi connectivity index (χ3n) is 2.46. The highest BCUT2D eigenvalue weighted by molar-refractivity contribution is 6.32. The zero-order valence-corrected chi connectivity index (χ0v) is 12.5. The number of ether oxygens (including phenoxy) is 2. The quantitative estimate of drug-likeness (QED) is 0.817. The summed E-state index contributed by atoms with van der Waals surface area (Å²) in [4.78, 5) is 23.0. The van der Waals surface area contributed by atoms with Crippen LogP contribution >= 0.6 is 11.6 Å². The number of esters is 1. The largest absolute Gasteiger partial charge is 0.482 e. The van der Waals surface area contributed by atoms with Gasteiger partial charge in [0.15, 0.2) is 6.61 Å². The molecule has 110 valence electrons. The van der Waals surface area contributed by atoms with Gasteiger partial charge in [-0.3, -0.25) is 4.79 Å². The maximum absolute atomic E-state index is 11.6. The van der Waals surface area contributed by atoms with Crippen molar-refractivity contribution in [1.82, 2.24) is 5.32 Å². The molecular formula is C14H18ClNO4. The first-order valence-electron chi connectivity index (χ1n) is 6.29. The van der Waals surface area contributed by atoms with Gasteiger partial charge in [-0.15, -0.1) is 0 Å². The number of amides is 1. The molecule has 0 aliphatic heterocycles. The molecule has 0 aromatic heterocycles. The van der Waals surface area contributed by atoms with Crippen molar-refractivity contribution in [2.45, 2.75) is 26.8 Å². The number of carbonyl (C=O) groups is 2. The molecule has 0 fully saturated rings. The van der Waals surface area contributed by atoms with E-state index in [4.69, 9.17) is 21.1 Å². The summed E-state index contributed by atoms with van der Waals surface area (Å²) in [7, 11) is 0. The zero-order chi connectivity index (χ0) is 15.1. The van der Waals surface area contributed by atoms with Gasteiger partial charge in [0.05, 0.1) is 11.6 Å². The summed E-state index contributed by atoms with van der Waals surface area (Å²) in [6, 6.07) is 4.58. The highest BCUT2D eigenvalue weighted by Gasteiger charge is 2.16. The first kappa shape index (κ1) is 16.3. The van der Waals surface area contributed by atoms with Gasteiger partial charge >= 0.3 is 5.97 Å². The van der Waals surface area contributed by atoms with Gasteiger partial charge in [-0.1, -0.05) is 17.7 Å². The van der Waals surface area contributed by atoms with Crippen LogP contribution in [0.1, 0.15) is 19.4 Å². The van der Waals surface area contributed by atoms with Crippen LogP contribution in [-0.2, 0) is 14.3 Å². The van der Waals surface area contributed by atoms with Crippen LogP contribution in [0.4, 0.5) is 0 Å². The van der Waals surface area contributed by atoms with Crippen LogP contribution in [-0.4, -0.2) is 31.1 Å². The van der Waals surface area contributed by atoms with Gasteiger partial charge < -0.3 is 14.8 Å². The van der Waals surface area contributed by atoms with E-state index in [0.717, 1.165) is 5.56 Å². The van der Waals surface area contributed by atoms with Crippen molar-refractivity contribution in [3.8, 4) is 5.75 Å². The molecule has 0 heterocycles. The van der Waals surface area contributed by atoms with Gasteiger partial charge in [-0.2, -0.15) is 0 Å². The number of halogens is 1. The number of benzene rings is 1. The molecule has 0 aliphatic rings. The molecule has 0 spiro atoms. The minimum Gasteiger partial charge on any atom is -0.482 e. The van der Waals surface area contributed by atoms with E-state index in [-0.39, 0.29) is 13.2 Å². The van der Waals surface area contributed by atoms with Crippen LogP contribution in [0.5, 0.6) is 5.75 Å². The lowest BCUT2D eigenvalue weighted by Gasteiger charge is -2.13. The number of hydrogen-bond acceptors (Lipinski definition) is 4. The van der Waals surface area contributed by atoms with Crippen molar-refractivity contribution in [2.75, 3.05) is 13.2 Å². The first-order chi connectivity index (χ1) is 9.43. The summed E-state index contributed by atoms with van der Waals surface area (Å²) in [6.07, 6.45) is 0. The lowest BCUT2D eigenvalue weighted by Crippen LogP contribution is -2.41. The van der Waals surface area contributed by atoms with Gasteiger partial charge in [0.1, 0.15) is 11.8 Å². The summed E-state index contributed by atoms with van der Waals surface area (Å²) in [5.74, 6) is -0.455. The molecule has 5 nitrogen and oxygen atoms in total. The maximum Gasteiger partial charge on any atom is 0.328 e. The predicted octanol–water partition coefficient (Wildman–Crippen LogP) is 2.10. The minimum absolute atomic E-state index is 0.215. The second-order valence-corrected chi connectivity index (χ2v) is 4.67. The Balaban J connectivity index is 2.47. The van der Waals surface area contributed by atoms with E-state index in [1.807, 2.05) is 13.0 Å². The fourth-order valence-corrected chi connectivity index (χ4v) is 1.65. The molecular weight excluding hydrogens is 282 g/mol. The van der Waals surface area contributed by atoms with Gasteiger partial charge in [-0.05, 0) is 38.5 Å². The first-order valence-corrected chi connectivity index (χ1v) is 6.66. The van der Waals surface area contributed by atoms with Gasteiger partial charge in [0.25, 0.3) is 5.91 Å². The molecule has 1 aromatic carbocycles. The van der Waals surface area contributed by atoms with Crippen molar-refractivity contribution in [3.05, 3.63) is 28.8 Å². The van der Waals surface area contributed by atoms with Gasteiger partial charge in [0, 0.05) is 0 Å². The van der Waals surface area contributed by atoms with Crippen LogP contribution in [0.25, 0.3) is 0 Å². The third kappa shape index (κ3) is 5.09. The van der Waals surface area contributed by atoms with Crippen molar-refractivity contribution in [2.24, 2.45) is 0 Å². The Labute approximate surface area is 123 Å². The number of nitrogens with one attached hydrogen (secondary N) is 1. The van der Waals surface area contributed by atoms with E-state index in [9.17, 15) is 9.59 Å². The molecule has 0 radical (unpaired) electrons. The highest BCUT2D eigenvalue weighted by Crippen LogP contribution is 2.24. The highest BCUT2D eigenvalue weighted by atomic mass is 35.5. The Morgan fingerprint density at radius 2 is 2.10 bits per heavy atom. The smallest absolute Gasteiger partial charge is 0.328 e. The maximum atomic E-state index is 11.6. The number of rotatable bonds is 6. The molecule has 1 amide bonds. The number of carbonyl (C=O) groups excluding carboxylic acids is 2. The van der Waals surface area contributed by atoms with Crippen molar-refractivity contribution < 1.29 is 19.1 Å². The Hall–Kier alpha value is -1.75. The molecule has 0 bridgehead atoms. The normalized spacial score (nSPS) is 11.6. The summed E-state index contributed by atoms with van der Waals surface area (Å²) in [5.41, 5.74) is 0.977. The molecule has 20 heavy (non-hydrogen) atoms. The molecule has 1 atom stereocenters. The van der Waals surface area contributed by atoms with Crippen molar-refractivity contribution in [3.63, 3.8) is 0 Å².